The van der Waals surface area contributed by atoms with Crippen LogP contribution >= 0.6 is 11.6 Å². The maximum atomic E-state index is 12.6. The number of hydrogen-bond acceptors (Lipinski definition) is 1. The van der Waals surface area contributed by atoms with Gasteiger partial charge in [0.25, 0.3) is 0 Å². The molecule has 20 heavy (non-hydrogen) atoms. The average molecular weight is 292 g/mol. The van der Waals surface area contributed by atoms with E-state index < -0.39 is 0 Å². The first-order chi connectivity index (χ1) is 9.65. The van der Waals surface area contributed by atoms with E-state index in [9.17, 15) is 4.79 Å². The third-order valence-corrected chi connectivity index (χ3v) is 5.26. The molecule has 1 aromatic rings. The molecule has 1 aliphatic carbocycles. The van der Waals surface area contributed by atoms with Gasteiger partial charge in [-0.1, -0.05) is 24.3 Å². The molecule has 3 heteroatoms. The maximum Gasteiger partial charge on any atom is 0.226 e. The third-order valence-electron chi connectivity index (χ3n) is 4.90. The predicted octanol–water partition coefficient (Wildman–Crippen LogP) is 3.27. The van der Waals surface area contributed by atoms with Crippen molar-refractivity contribution in [2.45, 2.75) is 38.0 Å². The van der Waals surface area contributed by atoms with Gasteiger partial charge in [0.05, 0.1) is 0 Å². The van der Waals surface area contributed by atoms with E-state index in [2.05, 4.69) is 36.1 Å². The highest BCUT2D eigenvalue weighted by atomic mass is 35.5. The second kappa shape index (κ2) is 5.77. The highest BCUT2D eigenvalue weighted by molar-refractivity contribution is 6.20. The van der Waals surface area contributed by atoms with Gasteiger partial charge < -0.3 is 4.90 Å². The van der Waals surface area contributed by atoms with Crippen LogP contribution in [0.5, 0.6) is 0 Å². The lowest BCUT2D eigenvalue weighted by Gasteiger charge is -2.34. The number of hydrogen-bond donors (Lipinski definition) is 0. The molecular formula is C17H22ClNO. The predicted molar refractivity (Wildman–Crippen MR) is 82.0 cm³/mol. The van der Waals surface area contributed by atoms with E-state index in [4.69, 9.17) is 11.6 Å². The SMILES string of the molecule is CC(Cl)C1CCN(C(=O)C2Cc3ccccc3C2)CC1. The summed E-state index contributed by atoms with van der Waals surface area (Å²) in [6.07, 6.45) is 3.94. The highest BCUT2D eigenvalue weighted by Crippen LogP contribution is 2.30. The van der Waals surface area contributed by atoms with E-state index >= 15 is 0 Å². The summed E-state index contributed by atoms with van der Waals surface area (Å²) >= 11 is 6.17. The molecule has 3 rings (SSSR count). The summed E-state index contributed by atoms with van der Waals surface area (Å²) in [6, 6.07) is 8.45. The Morgan fingerprint density at radius 1 is 1.20 bits per heavy atom. The quantitative estimate of drug-likeness (QED) is 0.766. The summed E-state index contributed by atoms with van der Waals surface area (Å²) in [4.78, 5) is 14.7. The molecule has 1 fully saturated rings. The van der Waals surface area contributed by atoms with Gasteiger partial charge in [0, 0.05) is 24.4 Å². The molecule has 1 aliphatic heterocycles. The van der Waals surface area contributed by atoms with Crippen molar-refractivity contribution in [1.29, 1.82) is 0 Å². The van der Waals surface area contributed by atoms with Gasteiger partial charge in [-0.3, -0.25) is 4.79 Å². The van der Waals surface area contributed by atoms with Crippen LogP contribution in [0.4, 0.5) is 0 Å². The Bertz CT molecular complexity index is 467. The number of likely N-dealkylation sites (tertiary alicyclic amines) is 1. The fraction of sp³-hybridized carbons (Fsp3) is 0.588. The molecular weight excluding hydrogens is 270 g/mol. The molecule has 1 heterocycles. The molecule has 108 valence electrons. The molecule has 0 bridgehead atoms. The summed E-state index contributed by atoms with van der Waals surface area (Å²) in [5.74, 6) is 1.08. The van der Waals surface area contributed by atoms with E-state index in [-0.39, 0.29) is 11.3 Å². The normalized spacial score (nSPS) is 21.8. The van der Waals surface area contributed by atoms with Crippen LogP contribution in [0.2, 0.25) is 0 Å². The molecule has 0 N–H and O–H groups in total. The number of fused-ring (bicyclic) bond motifs is 1. The number of halogens is 1. The van der Waals surface area contributed by atoms with E-state index in [1.165, 1.54) is 11.1 Å². The van der Waals surface area contributed by atoms with Crippen LogP contribution in [0, 0.1) is 11.8 Å². The minimum Gasteiger partial charge on any atom is -0.342 e. The van der Waals surface area contributed by atoms with Crippen molar-refractivity contribution >= 4 is 17.5 Å². The van der Waals surface area contributed by atoms with Crippen LogP contribution in [0.25, 0.3) is 0 Å². The van der Waals surface area contributed by atoms with Crippen molar-refractivity contribution in [2.24, 2.45) is 11.8 Å². The Labute approximate surface area is 126 Å². The minimum absolute atomic E-state index is 0.164. The van der Waals surface area contributed by atoms with Crippen LogP contribution in [-0.2, 0) is 17.6 Å². The van der Waals surface area contributed by atoms with Crippen LogP contribution in [0.15, 0.2) is 24.3 Å². The van der Waals surface area contributed by atoms with Gasteiger partial charge in [0.2, 0.25) is 5.91 Å². The Hall–Kier alpha value is -1.02. The molecule has 1 unspecified atom stereocenters. The number of benzene rings is 1. The van der Waals surface area contributed by atoms with E-state index in [0.717, 1.165) is 38.8 Å². The molecule has 1 saturated heterocycles. The first-order valence-electron chi connectivity index (χ1n) is 7.65. The molecule has 1 atom stereocenters. The summed E-state index contributed by atoms with van der Waals surface area (Å²) < 4.78 is 0. The zero-order valence-electron chi connectivity index (χ0n) is 12.0. The second-order valence-corrected chi connectivity index (χ2v) is 6.90. The van der Waals surface area contributed by atoms with Crippen LogP contribution in [-0.4, -0.2) is 29.3 Å². The summed E-state index contributed by atoms with van der Waals surface area (Å²) in [5.41, 5.74) is 2.71. The summed E-state index contributed by atoms with van der Waals surface area (Å²) in [7, 11) is 0. The molecule has 0 aromatic heterocycles. The highest BCUT2D eigenvalue weighted by Gasteiger charge is 2.32. The standard InChI is InChI=1S/C17H22ClNO/c1-12(18)13-6-8-19(9-7-13)17(20)16-10-14-4-2-3-5-15(14)11-16/h2-5,12-13,16H,6-11H2,1H3. The minimum atomic E-state index is 0.164. The Morgan fingerprint density at radius 3 is 2.25 bits per heavy atom. The number of carbonyl (C=O) groups excluding carboxylic acids is 1. The first kappa shape index (κ1) is 13.9. The molecule has 0 radical (unpaired) electrons. The molecule has 0 spiro atoms. The van der Waals surface area contributed by atoms with Crippen LogP contribution in [0.3, 0.4) is 0 Å². The van der Waals surface area contributed by atoms with Crippen molar-refractivity contribution in [3.63, 3.8) is 0 Å². The fourth-order valence-electron chi connectivity index (χ4n) is 3.57. The van der Waals surface area contributed by atoms with Crippen LogP contribution < -0.4 is 0 Å². The van der Waals surface area contributed by atoms with Gasteiger partial charge >= 0.3 is 0 Å². The van der Waals surface area contributed by atoms with Gasteiger partial charge in [-0.25, -0.2) is 0 Å². The smallest absolute Gasteiger partial charge is 0.226 e. The van der Waals surface area contributed by atoms with Crippen molar-refractivity contribution in [2.75, 3.05) is 13.1 Å². The largest absolute Gasteiger partial charge is 0.342 e. The van der Waals surface area contributed by atoms with Crippen LogP contribution in [0.1, 0.15) is 30.9 Å². The number of nitrogens with zero attached hydrogens (tertiary/aromatic N) is 1. The van der Waals surface area contributed by atoms with E-state index in [1.54, 1.807) is 0 Å². The lowest BCUT2D eigenvalue weighted by molar-refractivity contribution is -0.136. The lowest BCUT2D eigenvalue weighted by atomic mass is 9.93. The second-order valence-electron chi connectivity index (χ2n) is 6.21. The van der Waals surface area contributed by atoms with Gasteiger partial charge in [0.1, 0.15) is 0 Å². The maximum absolute atomic E-state index is 12.6. The van der Waals surface area contributed by atoms with Crippen molar-refractivity contribution in [1.82, 2.24) is 4.90 Å². The van der Waals surface area contributed by atoms with Gasteiger partial charge in [0.15, 0.2) is 0 Å². The lowest BCUT2D eigenvalue weighted by Crippen LogP contribution is -2.43. The number of carbonyl (C=O) groups is 1. The first-order valence-corrected chi connectivity index (χ1v) is 8.08. The van der Waals surface area contributed by atoms with E-state index in [1.807, 2.05) is 0 Å². The Balaban J connectivity index is 1.59. The van der Waals surface area contributed by atoms with Crippen molar-refractivity contribution in [3.05, 3.63) is 35.4 Å². The molecule has 0 saturated carbocycles. The zero-order valence-corrected chi connectivity index (χ0v) is 12.8. The van der Waals surface area contributed by atoms with Crippen molar-refractivity contribution in [3.8, 4) is 0 Å². The number of amides is 1. The summed E-state index contributed by atoms with van der Waals surface area (Å²) in [6.45, 7) is 3.83. The molecule has 2 aliphatic rings. The molecule has 1 aromatic carbocycles. The third kappa shape index (κ3) is 2.71. The van der Waals surface area contributed by atoms with Crippen molar-refractivity contribution < 1.29 is 4.79 Å². The number of piperidine rings is 1. The monoisotopic (exact) mass is 291 g/mol. The number of rotatable bonds is 2. The number of alkyl halides is 1. The Morgan fingerprint density at radius 2 is 1.75 bits per heavy atom. The summed E-state index contributed by atoms with van der Waals surface area (Å²) in [5, 5.41) is 0.225. The average Bonchev–Trinajstić information content (AvgIpc) is 2.90. The van der Waals surface area contributed by atoms with Gasteiger partial charge in [-0.05, 0) is 49.7 Å². The topological polar surface area (TPSA) is 20.3 Å². The van der Waals surface area contributed by atoms with Gasteiger partial charge in [-0.15, -0.1) is 11.6 Å². The fourth-order valence-corrected chi connectivity index (χ4v) is 3.82. The Kier molecular flexibility index (Phi) is 4.02. The van der Waals surface area contributed by atoms with Gasteiger partial charge in [-0.2, -0.15) is 0 Å². The van der Waals surface area contributed by atoms with E-state index in [0.29, 0.717) is 11.8 Å². The molecule has 2 nitrogen and oxygen atoms in total. The molecule has 1 amide bonds. The zero-order chi connectivity index (χ0) is 14.1.